The zero-order valence-electron chi connectivity index (χ0n) is 15.2. The van der Waals surface area contributed by atoms with Crippen LogP contribution in [0.25, 0.3) is 0 Å². The first kappa shape index (κ1) is 18.9. The van der Waals surface area contributed by atoms with Crippen LogP contribution in [0.3, 0.4) is 0 Å². The summed E-state index contributed by atoms with van der Waals surface area (Å²) in [6.45, 7) is 2.03. The number of pyridine rings is 1. The van der Waals surface area contributed by atoms with E-state index in [0.29, 0.717) is 17.9 Å². The summed E-state index contributed by atoms with van der Waals surface area (Å²) in [7, 11) is -3.39. The van der Waals surface area contributed by atoms with Gasteiger partial charge in [0.2, 0.25) is 10.0 Å². The molecule has 0 amide bonds. The Labute approximate surface area is 160 Å². The highest BCUT2D eigenvalue weighted by Crippen LogP contribution is 2.17. The number of anilines is 3. The maximum Gasteiger partial charge on any atom is 0.232 e. The lowest BCUT2D eigenvalue weighted by Gasteiger charge is -2.10. The van der Waals surface area contributed by atoms with Gasteiger partial charge in [-0.2, -0.15) is 0 Å². The van der Waals surface area contributed by atoms with Crippen molar-refractivity contribution in [1.29, 1.82) is 0 Å². The number of hydrogen-bond acceptors (Lipinski definition) is 4. The van der Waals surface area contributed by atoms with Gasteiger partial charge in [0.25, 0.3) is 0 Å². The van der Waals surface area contributed by atoms with Crippen molar-refractivity contribution in [3.8, 4) is 0 Å². The van der Waals surface area contributed by atoms with Crippen LogP contribution in [0.4, 0.5) is 17.2 Å². The third-order valence-corrected chi connectivity index (χ3v) is 5.45. The van der Waals surface area contributed by atoms with Gasteiger partial charge in [0.1, 0.15) is 5.82 Å². The monoisotopic (exact) mass is 381 g/mol. The molecule has 27 heavy (non-hydrogen) atoms. The standard InChI is InChI=1S/C21H23N3O2S/c1-17-9-11-19(12-10-17)23-21-14-13-20(16-22-21)24-27(25,26)15-5-8-18-6-3-2-4-7-18/h2-4,6-7,9-14,16,24H,5,8,15H2,1H3,(H,22,23). The molecule has 3 rings (SSSR count). The van der Waals surface area contributed by atoms with E-state index >= 15 is 0 Å². The average molecular weight is 382 g/mol. The van der Waals surface area contributed by atoms with Crippen LogP contribution in [0, 0.1) is 6.92 Å². The lowest BCUT2D eigenvalue weighted by Crippen LogP contribution is -2.17. The minimum Gasteiger partial charge on any atom is -0.340 e. The average Bonchev–Trinajstić information content (AvgIpc) is 2.66. The Morgan fingerprint density at radius 2 is 1.59 bits per heavy atom. The Morgan fingerprint density at radius 1 is 0.889 bits per heavy atom. The van der Waals surface area contributed by atoms with Gasteiger partial charge in [0.05, 0.1) is 17.6 Å². The zero-order valence-corrected chi connectivity index (χ0v) is 16.0. The third-order valence-electron chi connectivity index (χ3n) is 4.08. The van der Waals surface area contributed by atoms with Crippen molar-refractivity contribution in [3.05, 3.63) is 84.1 Å². The van der Waals surface area contributed by atoms with E-state index in [-0.39, 0.29) is 5.75 Å². The van der Waals surface area contributed by atoms with Crippen LogP contribution < -0.4 is 10.0 Å². The first-order chi connectivity index (χ1) is 13.0. The quantitative estimate of drug-likeness (QED) is 0.602. The van der Waals surface area contributed by atoms with Crippen LogP contribution in [0.1, 0.15) is 17.5 Å². The van der Waals surface area contributed by atoms with Crippen LogP contribution in [0.2, 0.25) is 0 Å². The minimum atomic E-state index is -3.39. The molecule has 2 N–H and O–H groups in total. The number of hydrogen-bond donors (Lipinski definition) is 2. The Bertz CT molecular complexity index is 955. The van der Waals surface area contributed by atoms with Crippen LogP contribution in [-0.2, 0) is 16.4 Å². The molecule has 0 radical (unpaired) electrons. The van der Waals surface area contributed by atoms with Crippen LogP contribution in [0.15, 0.2) is 72.9 Å². The Kier molecular flexibility index (Phi) is 6.08. The van der Waals surface area contributed by atoms with Crippen LogP contribution in [-0.4, -0.2) is 19.2 Å². The minimum absolute atomic E-state index is 0.0747. The van der Waals surface area contributed by atoms with Gasteiger partial charge in [-0.3, -0.25) is 4.72 Å². The maximum atomic E-state index is 12.2. The highest BCUT2D eigenvalue weighted by Gasteiger charge is 2.10. The topological polar surface area (TPSA) is 71.1 Å². The summed E-state index contributed by atoms with van der Waals surface area (Å²) in [6.07, 6.45) is 2.82. The summed E-state index contributed by atoms with van der Waals surface area (Å²) in [4.78, 5) is 4.27. The summed E-state index contributed by atoms with van der Waals surface area (Å²) >= 11 is 0. The molecule has 5 nitrogen and oxygen atoms in total. The molecule has 0 spiro atoms. The number of sulfonamides is 1. The second kappa shape index (κ2) is 8.68. The van der Waals surface area contributed by atoms with Crippen molar-refractivity contribution in [3.63, 3.8) is 0 Å². The van der Waals surface area contributed by atoms with Gasteiger partial charge < -0.3 is 5.32 Å². The summed E-state index contributed by atoms with van der Waals surface area (Å²) in [5, 5.41) is 3.19. The summed E-state index contributed by atoms with van der Waals surface area (Å²) < 4.78 is 27.1. The zero-order chi connectivity index (χ0) is 19.1. The highest BCUT2D eigenvalue weighted by atomic mass is 32.2. The highest BCUT2D eigenvalue weighted by molar-refractivity contribution is 7.92. The molecular weight excluding hydrogens is 358 g/mol. The molecule has 0 unspecified atom stereocenters. The molecule has 1 aromatic heterocycles. The maximum absolute atomic E-state index is 12.2. The van der Waals surface area contributed by atoms with E-state index in [1.54, 1.807) is 12.1 Å². The fraction of sp³-hybridized carbons (Fsp3) is 0.190. The fourth-order valence-corrected chi connectivity index (χ4v) is 3.76. The van der Waals surface area contributed by atoms with Crippen LogP contribution in [0.5, 0.6) is 0 Å². The van der Waals surface area contributed by atoms with Gasteiger partial charge in [0, 0.05) is 5.69 Å². The normalized spacial score (nSPS) is 11.1. The molecule has 2 aromatic carbocycles. The largest absolute Gasteiger partial charge is 0.340 e. The van der Waals surface area contributed by atoms with Crippen molar-refractivity contribution in [2.75, 3.05) is 15.8 Å². The smallest absolute Gasteiger partial charge is 0.232 e. The molecule has 0 saturated heterocycles. The lowest BCUT2D eigenvalue weighted by molar-refractivity contribution is 0.598. The van der Waals surface area contributed by atoms with Crippen molar-refractivity contribution < 1.29 is 8.42 Å². The van der Waals surface area contributed by atoms with Crippen molar-refractivity contribution in [2.24, 2.45) is 0 Å². The van der Waals surface area contributed by atoms with E-state index in [2.05, 4.69) is 15.0 Å². The molecule has 0 atom stereocenters. The Morgan fingerprint density at radius 3 is 2.26 bits per heavy atom. The Hall–Kier alpha value is -2.86. The van der Waals surface area contributed by atoms with Gasteiger partial charge in [-0.15, -0.1) is 0 Å². The van der Waals surface area contributed by atoms with Gasteiger partial charge in [0.15, 0.2) is 0 Å². The van der Waals surface area contributed by atoms with Gasteiger partial charge >= 0.3 is 0 Å². The van der Waals surface area contributed by atoms with E-state index in [1.165, 1.54) is 11.8 Å². The summed E-state index contributed by atoms with van der Waals surface area (Å²) in [5.41, 5.74) is 3.72. The van der Waals surface area contributed by atoms with Crippen molar-refractivity contribution >= 4 is 27.2 Å². The van der Waals surface area contributed by atoms with Gasteiger partial charge in [-0.05, 0) is 49.6 Å². The molecule has 0 aliphatic heterocycles. The molecule has 140 valence electrons. The second-order valence-electron chi connectivity index (χ2n) is 6.43. The molecular formula is C21H23N3O2S. The number of aromatic nitrogens is 1. The number of benzene rings is 2. The first-order valence-electron chi connectivity index (χ1n) is 8.84. The molecule has 1 heterocycles. The van der Waals surface area contributed by atoms with E-state index in [1.807, 2.05) is 61.5 Å². The third kappa shape index (κ3) is 6.11. The molecule has 0 saturated carbocycles. The number of nitrogens with zero attached hydrogens (tertiary/aromatic N) is 1. The molecule has 0 aliphatic carbocycles. The molecule has 0 fully saturated rings. The lowest BCUT2D eigenvalue weighted by atomic mass is 10.1. The van der Waals surface area contributed by atoms with Crippen molar-refractivity contribution in [2.45, 2.75) is 19.8 Å². The molecule has 0 bridgehead atoms. The number of nitrogens with one attached hydrogen (secondary N) is 2. The summed E-state index contributed by atoms with van der Waals surface area (Å²) in [5.74, 6) is 0.733. The molecule has 0 aliphatic rings. The molecule has 3 aromatic rings. The van der Waals surface area contributed by atoms with Crippen molar-refractivity contribution in [1.82, 2.24) is 4.98 Å². The van der Waals surface area contributed by atoms with E-state index in [4.69, 9.17) is 0 Å². The first-order valence-corrected chi connectivity index (χ1v) is 10.5. The van der Waals surface area contributed by atoms with Gasteiger partial charge in [-0.1, -0.05) is 48.0 Å². The SMILES string of the molecule is Cc1ccc(Nc2ccc(NS(=O)(=O)CCCc3ccccc3)cn2)cc1. The van der Waals surface area contributed by atoms with E-state index in [0.717, 1.165) is 17.7 Å². The molecule has 6 heteroatoms. The predicted octanol–water partition coefficient (Wildman–Crippen LogP) is 4.51. The summed E-state index contributed by atoms with van der Waals surface area (Å²) in [6, 6.07) is 21.3. The van der Waals surface area contributed by atoms with E-state index in [9.17, 15) is 8.42 Å². The van der Waals surface area contributed by atoms with Gasteiger partial charge in [-0.25, -0.2) is 13.4 Å². The predicted molar refractivity (Wildman–Crippen MR) is 111 cm³/mol. The fourth-order valence-electron chi connectivity index (χ4n) is 2.65. The second-order valence-corrected chi connectivity index (χ2v) is 8.28. The van der Waals surface area contributed by atoms with E-state index < -0.39 is 10.0 Å². The Balaban J connectivity index is 1.52. The number of aryl methyl sites for hydroxylation is 2. The van der Waals surface area contributed by atoms with Crippen LogP contribution >= 0.6 is 0 Å². The number of rotatable bonds is 8.